The maximum absolute atomic E-state index is 14.6. The van der Waals surface area contributed by atoms with Gasteiger partial charge < -0.3 is 19.9 Å². The zero-order chi connectivity index (χ0) is 22.4. The summed E-state index contributed by atoms with van der Waals surface area (Å²) in [6, 6.07) is 8.16. The van der Waals surface area contributed by atoms with Crippen molar-refractivity contribution in [3.63, 3.8) is 0 Å². The monoisotopic (exact) mass is 436 g/mol. The fourth-order valence-corrected chi connectivity index (χ4v) is 4.33. The molecule has 0 saturated heterocycles. The fourth-order valence-electron chi connectivity index (χ4n) is 4.33. The number of halogens is 1. The molecule has 32 heavy (non-hydrogen) atoms. The highest BCUT2D eigenvalue weighted by molar-refractivity contribution is 6.04. The molecule has 4 heterocycles. The number of carbonyl (C=O) groups is 2. The molecule has 1 atom stereocenters. The van der Waals surface area contributed by atoms with Crippen LogP contribution in [0.4, 0.5) is 15.0 Å². The summed E-state index contributed by atoms with van der Waals surface area (Å²) in [5.74, 6) is 0.511. The number of nitrogens with one attached hydrogen (secondary N) is 1. The number of carbonyl (C=O) groups excluding carboxylic acids is 1. The lowest BCUT2D eigenvalue weighted by atomic mass is 9.97. The molecule has 2 aliphatic heterocycles. The Labute approximate surface area is 182 Å². The minimum atomic E-state index is -1.04. The van der Waals surface area contributed by atoms with Crippen molar-refractivity contribution in [1.29, 1.82) is 0 Å². The van der Waals surface area contributed by atoms with Gasteiger partial charge in [0.25, 0.3) is 5.91 Å². The van der Waals surface area contributed by atoms with Gasteiger partial charge in [0.05, 0.1) is 5.56 Å². The molecule has 2 amide bonds. The van der Waals surface area contributed by atoms with Crippen LogP contribution in [0.1, 0.15) is 46.7 Å². The lowest BCUT2D eigenvalue weighted by molar-refractivity contribution is 0.102. The second kappa shape index (κ2) is 7.70. The minimum Gasteiger partial charge on any atom is -0.465 e. The molecule has 164 valence electrons. The summed E-state index contributed by atoms with van der Waals surface area (Å²) in [6.45, 7) is 2.52. The van der Waals surface area contributed by atoms with E-state index in [9.17, 15) is 19.1 Å². The van der Waals surface area contributed by atoms with Crippen molar-refractivity contribution in [2.24, 2.45) is 0 Å². The van der Waals surface area contributed by atoms with Gasteiger partial charge in [-0.05, 0) is 55.2 Å². The van der Waals surface area contributed by atoms with Gasteiger partial charge in [-0.3, -0.25) is 4.79 Å². The van der Waals surface area contributed by atoms with E-state index in [4.69, 9.17) is 0 Å². The number of anilines is 1. The van der Waals surface area contributed by atoms with Gasteiger partial charge in [-0.25, -0.2) is 14.2 Å². The molecule has 1 aromatic carbocycles. The number of hydrogen-bond acceptors (Lipinski definition) is 5. The molecule has 0 bridgehead atoms. The van der Waals surface area contributed by atoms with Gasteiger partial charge in [0.15, 0.2) is 5.82 Å². The number of nitrogens with zero attached hydrogens (tertiary/aromatic N) is 5. The summed E-state index contributed by atoms with van der Waals surface area (Å²) in [5.41, 5.74) is 1.75. The number of rotatable bonds is 3. The number of hydrogen-bond donors (Lipinski definition) is 2. The van der Waals surface area contributed by atoms with Gasteiger partial charge in [-0.15, -0.1) is 10.2 Å². The number of carboxylic acid groups (broad SMARTS) is 1. The van der Waals surface area contributed by atoms with Crippen LogP contribution in [0.3, 0.4) is 0 Å². The third-order valence-corrected chi connectivity index (χ3v) is 6.03. The third-order valence-electron chi connectivity index (χ3n) is 6.03. The smallest absolute Gasteiger partial charge is 0.407 e. The quantitative estimate of drug-likeness (QED) is 0.652. The Bertz CT molecular complexity index is 1240. The third kappa shape index (κ3) is 3.47. The molecule has 10 heteroatoms. The molecule has 0 spiro atoms. The van der Waals surface area contributed by atoms with E-state index in [1.165, 1.54) is 17.0 Å². The van der Waals surface area contributed by atoms with E-state index in [2.05, 4.69) is 27.4 Å². The second-order valence-corrected chi connectivity index (χ2v) is 8.11. The maximum Gasteiger partial charge on any atom is 0.407 e. The van der Waals surface area contributed by atoms with Gasteiger partial charge in [0.2, 0.25) is 0 Å². The molecule has 0 fully saturated rings. The van der Waals surface area contributed by atoms with Gasteiger partial charge >= 0.3 is 6.09 Å². The molecule has 2 aromatic heterocycles. The Kier molecular flexibility index (Phi) is 4.84. The highest BCUT2D eigenvalue weighted by atomic mass is 19.1. The summed E-state index contributed by atoms with van der Waals surface area (Å²) in [5, 5.41) is 20.3. The molecular weight excluding hydrogens is 415 g/mol. The number of fused-ring (bicyclic) bond motifs is 2. The lowest BCUT2D eigenvalue weighted by Crippen LogP contribution is -2.35. The zero-order valence-electron chi connectivity index (χ0n) is 17.4. The number of pyridine rings is 1. The average molecular weight is 436 g/mol. The Morgan fingerprint density at radius 3 is 2.84 bits per heavy atom. The predicted molar refractivity (Wildman–Crippen MR) is 113 cm³/mol. The van der Waals surface area contributed by atoms with E-state index in [1.807, 2.05) is 4.57 Å². The van der Waals surface area contributed by atoms with Gasteiger partial charge in [0.1, 0.15) is 23.2 Å². The minimum absolute atomic E-state index is 0.120. The van der Waals surface area contributed by atoms with E-state index < -0.39 is 17.8 Å². The van der Waals surface area contributed by atoms with Gasteiger partial charge in [-0.1, -0.05) is 6.07 Å². The fraction of sp³-hybridized carbons (Fsp3) is 0.318. The highest BCUT2D eigenvalue weighted by Gasteiger charge is 2.26. The summed E-state index contributed by atoms with van der Waals surface area (Å²) in [7, 11) is 0. The first-order valence-electron chi connectivity index (χ1n) is 10.4. The summed E-state index contributed by atoms with van der Waals surface area (Å²) in [6.07, 6.45) is 1.22. The molecule has 2 N–H and O–H groups in total. The van der Waals surface area contributed by atoms with Crippen LogP contribution < -0.4 is 5.32 Å². The largest absolute Gasteiger partial charge is 0.465 e. The van der Waals surface area contributed by atoms with Crippen LogP contribution in [0.5, 0.6) is 0 Å². The number of aryl methyl sites for hydroxylation is 1. The number of benzene rings is 1. The van der Waals surface area contributed by atoms with E-state index in [0.717, 1.165) is 18.7 Å². The Balaban J connectivity index is 1.40. The van der Waals surface area contributed by atoms with Crippen LogP contribution in [-0.2, 0) is 19.4 Å². The maximum atomic E-state index is 14.6. The Hall–Kier alpha value is -3.82. The molecule has 3 aromatic rings. The molecule has 9 nitrogen and oxygen atoms in total. The first kappa shape index (κ1) is 20.1. The summed E-state index contributed by atoms with van der Waals surface area (Å²) < 4.78 is 16.7. The number of aromatic nitrogens is 4. The zero-order valence-corrected chi connectivity index (χ0v) is 17.4. The van der Waals surface area contributed by atoms with Crippen molar-refractivity contribution in [3.8, 4) is 11.5 Å². The van der Waals surface area contributed by atoms with E-state index in [1.54, 1.807) is 18.2 Å². The van der Waals surface area contributed by atoms with Crippen LogP contribution in [0.15, 0.2) is 30.3 Å². The second-order valence-electron chi connectivity index (χ2n) is 8.11. The van der Waals surface area contributed by atoms with Crippen LogP contribution in [0, 0.1) is 5.82 Å². The van der Waals surface area contributed by atoms with Gasteiger partial charge in [-0.2, -0.15) is 0 Å². The standard InChI is InChI=1S/C22H21FN6O3/c1-12-5-6-19-26-27-20(29(12)19)17-3-2-4-18(24-17)25-21(30)15-9-14-11-28(22(31)32)8-7-13(14)10-16(15)23/h2-4,9-10,12H,5-8,11H2,1H3,(H,31,32)(H,24,25,30). The van der Waals surface area contributed by atoms with Gasteiger partial charge in [0, 0.05) is 25.6 Å². The van der Waals surface area contributed by atoms with Crippen molar-refractivity contribution < 1.29 is 19.1 Å². The van der Waals surface area contributed by atoms with Crippen molar-refractivity contribution in [3.05, 3.63) is 58.7 Å². The number of amides is 2. The molecular formula is C22H21FN6O3. The molecule has 1 unspecified atom stereocenters. The lowest BCUT2D eigenvalue weighted by Gasteiger charge is -2.26. The van der Waals surface area contributed by atoms with E-state index in [0.29, 0.717) is 35.6 Å². The Morgan fingerprint density at radius 2 is 2.03 bits per heavy atom. The van der Waals surface area contributed by atoms with Crippen LogP contribution in [-0.4, -0.2) is 48.3 Å². The molecule has 2 aliphatic rings. The summed E-state index contributed by atoms with van der Waals surface area (Å²) in [4.78, 5) is 29.8. The van der Waals surface area contributed by atoms with Crippen LogP contribution >= 0.6 is 0 Å². The van der Waals surface area contributed by atoms with Crippen LogP contribution in [0.2, 0.25) is 0 Å². The van der Waals surface area contributed by atoms with Crippen molar-refractivity contribution in [1.82, 2.24) is 24.6 Å². The SMILES string of the molecule is CC1CCc2nnc(-c3cccc(NC(=O)c4cc5c(cc4F)CCN(C(=O)O)C5)n3)n21. The highest BCUT2D eigenvalue weighted by Crippen LogP contribution is 2.30. The van der Waals surface area contributed by atoms with Crippen molar-refractivity contribution in [2.75, 3.05) is 11.9 Å². The van der Waals surface area contributed by atoms with Crippen LogP contribution in [0.25, 0.3) is 11.5 Å². The summed E-state index contributed by atoms with van der Waals surface area (Å²) >= 11 is 0. The molecule has 0 aliphatic carbocycles. The molecule has 0 radical (unpaired) electrons. The van der Waals surface area contributed by atoms with E-state index in [-0.39, 0.29) is 24.0 Å². The molecule has 5 rings (SSSR count). The average Bonchev–Trinajstić information content (AvgIpc) is 3.36. The van der Waals surface area contributed by atoms with E-state index >= 15 is 0 Å². The first-order chi connectivity index (χ1) is 15.4. The van der Waals surface area contributed by atoms with Crippen molar-refractivity contribution >= 4 is 17.8 Å². The normalized spacial score (nSPS) is 17.1. The predicted octanol–water partition coefficient (Wildman–Crippen LogP) is 3.27. The molecule has 0 saturated carbocycles. The Morgan fingerprint density at radius 1 is 1.19 bits per heavy atom. The topological polar surface area (TPSA) is 113 Å². The van der Waals surface area contributed by atoms with Crippen molar-refractivity contribution in [2.45, 2.75) is 38.8 Å². The first-order valence-corrected chi connectivity index (χ1v) is 10.4.